The highest BCUT2D eigenvalue weighted by Gasteiger charge is 2.33. The maximum absolute atomic E-state index is 13.5. The fourth-order valence-electron chi connectivity index (χ4n) is 18.3. The first-order chi connectivity index (χ1) is 57.3. The number of nitrogens with zero attached hydrogens (tertiary/aromatic N) is 18. The summed E-state index contributed by atoms with van der Waals surface area (Å²) >= 11 is 3.51. The number of alkyl halides is 2. The molecule has 8 saturated heterocycles. The van der Waals surface area contributed by atoms with Gasteiger partial charge in [-0.1, -0.05) is 90.8 Å². The highest BCUT2D eigenvalue weighted by Crippen LogP contribution is 2.39. The van der Waals surface area contributed by atoms with E-state index in [1.165, 1.54) is 180 Å². The van der Waals surface area contributed by atoms with Gasteiger partial charge < -0.3 is 57.5 Å². The summed E-state index contributed by atoms with van der Waals surface area (Å²) in [7, 11) is 3.36. The van der Waals surface area contributed by atoms with E-state index in [9.17, 15) is 8.78 Å². The molecule has 614 valence electrons. The predicted molar refractivity (Wildman–Crippen MR) is 466 cm³/mol. The normalized spacial score (nSPS) is 19.2. The Bertz CT molecular complexity index is 5060. The molecule has 0 unspecified atom stereocenters. The second-order valence-corrected chi connectivity index (χ2v) is 34.9. The topological polar surface area (TPSA) is 200 Å². The van der Waals surface area contributed by atoms with Crippen molar-refractivity contribution in [2.24, 2.45) is 0 Å². The summed E-state index contributed by atoms with van der Waals surface area (Å²) in [5.41, 5.74) is 13.3. The number of thiazole rings is 2. The first kappa shape index (κ1) is 80.0. The lowest BCUT2D eigenvalue weighted by Gasteiger charge is -2.40. The molecule has 12 aromatic rings. The molecule has 0 saturated carbocycles. The van der Waals surface area contributed by atoms with Crippen molar-refractivity contribution in [3.63, 3.8) is 0 Å². The van der Waals surface area contributed by atoms with Gasteiger partial charge in [0.15, 0.2) is 32.7 Å². The molecule has 26 heteroatoms. The van der Waals surface area contributed by atoms with Gasteiger partial charge in [0.05, 0.1) is 29.8 Å². The molecule has 0 amide bonds. The Kier molecular flexibility index (Phi) is 25.5. The first-order valence-corrected chi connectivity index (χ1v) is 44.5. The van der Waals surface area contributed by atoms with Gasteiger partial charge in [-0.15, -0.1) is 0 Å². The lowest BCUT2D eigenvalue weighted by Crippen LogP contribution is -2.46. The molecule has 20 rings (SSSR count). The summed E-state index contributed by atoms with van der Waals surface area (Å²) in [5.74, 6) is -1.23. The zero-order chi connectivity index (χ0) is 79.6. The van der Waals surface area contributed by atoms with E-state index >= 15 is 0 Å². The number of ether oxygens (including phenoxy) is 2. The summed E-state index contributed by atoms with van der Waals surface area (Å²) < 4.78 is 52.0. The minimum absolute atomic E-state index is 0.000180. The van der Waals surface area contributed by atoms with Gasteiger partial charge in [-0.3, -0.25) is 9.97 Å². The third-order valence-electron chi connectivity index (χ3n) is 25.2. The third-order valence-corrected chi connectivity index (χ3v) is 27.3. The van der Waals surface area contributed by atoms with Crippen LogP contribution in [0.1, 0.15) is 147 Å². The Labute approximate surface area is 693 Å². The maximum Gasteiger partial charge on any atom is 0.299 e. The predicted octanol–water partition coefficient (Wildman–Crippen LogP) is 18.5. The number of aryl methyl sites for hydroxylation is 1. The van der Waals surface area contributed by atoms with Gasteiger partial charge in [0.2, 0.25) is 11.3 Å². The lowest BCUT2D eigenvalue weighted by molar-refractivity contribution is 0.0175. The number of oxazole rings is 2. The molecule has 18 heterocycles. The molecule has 0 bridgehead atoms. The average Bonchev–Trinajstić information content (AvgIpc) is 1.57. The van der Waals surface area contributed by atoms with E-state index in [0.717, 1.165) is 188 Å². The fourth-order valence-corrected chi connectivity index (χ4v) is 20.3. The van der Waals surface area contributed by atoms with Crippen LogP contribution in [0.5, 0.6) is 11.5 Å². The Morgan fingerprint density at radius 3 is 1.15 bits per heavy atom. The Hall–Kier alpha value is -9.44. The summed E-state index contributed by atoms with van der Waals surface area (Å²) in [4.78, 5) is 65.9. The van der Waals surface area contributed by atoms with E-state index in [1.807, 2.05) is 74.3 Å². The van der Waals surface area contributed by atoms with Crippen molar-refractivity contribution in [2.75, 3.05) is 139 Å². The SMILES string of the molecule is CC(F)(F)c1ccc(-c2cnc3nc(N4CCC(N5CCCCC5)CC4)oc3c2)cc1.COc1cccc(-c2cnc3nc(N4CCC(N5CCCCC5)CC4)sc3c2)c1.COc1cncc(-c2cnc3nc(N4CCC(N5CCCCC5)CC4)sc3c2)c1.Cc1ccc(-c2cnc3nc(N4CCC(N5CCCCC5)CC4)oc3c2)cn1. The molecule has 22 nitrogen and oxygen atoms in total. The van der Waals surface area contributed by atoms with E-state index in [1.54, 1.807) is 61.4 Å². The van der Waals surface area contributed by atoms with Crippen molar-refractivity contribution in [2.45, 2.75) is 172 Å². The van der Waals surface area contributed by atoms with Crippen molar-refractivity contribution < 1.29 is 27.1 Å². The van der Waals surface area contributed by atoms with Gasteiger partial charge in [-0.25, -0.2) is 28.7 Å². The number of aromatic nitrogens is 10. The molecule has 8 fully saturated rings. The summed E-state index contributed by atoms with van der Waals surface area (Å²) in [6.07, 6.45) is 38.8. The van der Waals surface area contributed by atoms with Gasteiger partial charge in [0.25, 0.3) is 18.0 Å². The van der Waals surface area contributed by atoms with Crippen molar-refractivity contribution in [3.05, 3.63) is 146 Å². The van der Waals surface area contributed by atoms with Crippen LogP contribution in [0.4, 0.5) is 31.1 Å². The summed E-state index contributed by atoms with van der Waals surface area (Å²) in [6, 6.07) is 33.0. The van der Waals surface area contributed by atoms with Gasteiger partial charge in [0.1, 0.15) is 11.5 Å². The van der Waals surface area contributed by atoms with Crippen LogP contribution in [-0.2, 0) is 5.92 Å². The molecule has 117 heavy (non-hydrogen) atoms. The van der Waals surface area contributed by atoms with Crippen molar-refractivity contribution in [1.82, 2.24) is 69.4 Å². The van der Waals surface area contributed by atoms with Crippen molar-refractivity contribution in [1.29, 1.82) is 0 Å². The molecule has 0 radical (unpaired) electrons. The Balaban J connectivity index is 0.000000112. The number of rotatable bonds is 15. The van der Waals surface area contributed by atoms with Gasteiger partial charge in [0, 0.05) is 165 Å². The van der Waals surface area contributed by atoms with Crippen LogP contribution in [0.15, 0.2) is 143 Å². The number of piperidine rings is 8. The monoisotopic (exact) mass is 1620 g/mol. The van der Waals surface area contributed by atoms with Crippen LogP contribution in [0.2, 0.25) is 0 Å². The van der Waals surface area contributed by atoms with E-state index in [-0.39, 0.29) is 5.56 Å². The minimum atomic E-state index is -2.85. The lowest BCUT2D eigenvalue weighted by atomic mass is 10.0. The van der Waals surface area contributed by atoms with Crippen molar-refractivity contribution >= 4 is 88.1 Å². The maximum atomic E-state index is 13.5. The number of hydrogen-bond donors (Lipinski definition) is 0. The number of halogens is 2. The third kappa shape index (κ3) is 19.5. The molecule has 0 atom stereocenters. The molecule has 0 aliphatic carbocycles. The fraction of sp³-hybridized carbons (Fsp3) is 0.495. The van der Waals surface area contributed by atoms with E-state index < -0.39 is 5.92 Å². The van der Waals surface area contributed by atoms with Gasteiger partial charge in [-0.2, -0.15) is 19.9 Å². The number of benzene rings is 2. The van der Waals surface area contributed by atoms with Gasteiger partial charge in [-0.05, 0) is 222 Å². The quantitative estimate of drug-likeness (QED) is 0.0937. The summed E-state index contributed by atoms with van der Waals surface area (Å²) in [5, 5.41) is 2.22. The smallest absolute Gasteiger partial charge is 0.299 e. The second-order valence-electron chi connectivity index (χ2n) is 32.9. The largest absolute Gasteiger partial charge is 0.497 e. The molecule has 2 aromatic carbocycles. The molecule has 0 N–H and O–H groups in total. The first-order valence-electron chi connectivity index (χ1n) is 42.9. The molecular weight excluding hydrogens is 1510 g/mol. The Morgan fingerprint density at radius 1 is 0.359 bits per heavy atom. The number of fused-ring (bicyclic) bond motifs is 4. The van der Waals surface area contributed by atoms with Crippen LogP contribution in [0.25, 0.3) is 87.7 Å². The number of likely N-dealkylation sites (tertiary alicyclic amines) is 4. The van der Waals surface area contributed by atoms with Crippen LogP contribution in [0.3, 0.4) is 0 Å². The molecular formula is C91H110F2N18O4S2. The molecule has 10 aromatic heterocycles. The average molecular weight is 1620 g/mol. The zero-order valence-electron chi connectivity index (χ0n) is 68.2. The number of hydrogen-bond acceptors (Lipinski definition) is 24. The standard InChI is InChI=1S/C24H28F2N4O.C23H28N4OS.C22H27N5OS.C22H27N5O/c1-24(25,26)19-7-5-17(6-8-19)18-15-21-22(27-16-18)28-23(31-21)30-13-9-20(10-14-30)29-11-3-2-4-12-29;1-28-20-7-5-6-17(14-20)18-15-21-22(24-16-18)25-23(29-21)27-12-8-19(9-13-27)26-10-3-2-4-11-26;1-28-19-11-16(13-23-15-19)17-12-20-21(24-14-17)25-22(29-20)27-9-5-18(6-10-27)26-7-3-2-4-8-26;1-16-5-6-17(14-23-16)18-13-20-21(24-15-18)25-22(28-20)27-11-7-19(8-12-27)26-9-3-2-4-10-26/h5-8,15-16,20H,2-4,9-14H2,1H3;5-7,14-16,19H,2-4,8-13H2,1H3;11-15,18H,2-10H2,1H3;5-6,13-15,19H,2-4,7-12H2,1H3. The zero-order valence-corrected chi connectivity index (χ0v) is 69.9. The van der Waals surface area contributed by atoms with Crippen molar-refractivity contribution in [3.8, 4) is 56.0 Å². The molecule has 8 aliphatic rings. The highest BCUT2D eigenvalue weighted by atomic mass is 32.1. The summed E-state index contributed by atoms with van der Waals surface area (Å²) in [6.45, 7) is 21.3. The van der Waals surface area contributed by atoms with E-state index in [2.05, 4.69) is 109 Å². The van der Waals surface area contributed by atoms with Crippen LogP contribution >= 0.6 is 22.7 Å². The highest BCUT2D eigenvalue weighted by molar-refractivity contribution is 7.22. The Morgan fingerprint density at radius 2 is 0.735 bits per heavy atom. The van der Waals surface area contributed by atoms with Crippen LogP contribution in [-0.4, -0.2) is 213 Å². The minimum Gasteiger partial charge on any atom is -0.497 e. The van der Waals surface area contributed by atoms with Gasteiger partial charge >= 0.3 is 0 Å². The number of methoxy groups -OCH3 is 2. The molecule has 0 spiro atoms. The number of anilines is 4. The van der Waals surface area contributed by atoms with Crippen LogP contribution < -0.4 is 29.1 Å². The molecule has 8 aliphatic heterocycles. The van der Waals surface area contributed by atoms with E-state index in [4.69, 9.17) is 28.3 Å². The van der Waals surface area contributed by atoms with Crippen LogP contribution in [0, 0.1) is 6.92 Å². The van der Waals surface area contributed by atoms with E-state index in [0.29, 0.717) is 34.9 Å². The second kappa shape index (κ2) is 37.2. The number of pyridine rings is 6.